The van der Waals surface area contributed by atoms with Crippen LogP contribution in [0.1, 0.15) is 36.8 Å². The number of nitrogens with one attached hydrogen (secondary N) is 1. The lowest BCUT2D eigenvalue weighted by Crippen LogP contribution is -2.52. The van der Waals surface area contributed by atoms with E-state index in [2.05, 4.69) is 18.3 Å². The maximum atomic E-state index is 12.4. The van der Waals surface area contributed by atoms with E-state index in [0.29, 0.717) is 12.5 Å². The summed E-state index contributed by atoms with van der Waals surface area (Å²) in [6.45, 7) is 2.22. The predicted molar refractivity (Wildman–Crippen MR) is 68.8 cm³/mol. The van der Waals surface area contributed by atoms with Gasteiger partial charge in [-0.3, -0.25) is 0 Å². The molecule has 2 atom stereocenters. The van der Waals surface area contributed by atoms with Gasteiger partial charge < -0.3 is 11.1 Å². The molecule has 1 aromatic carbocycles. The lowest BCUT2D eigenvalue weighted by molar-refractivity contribution is 0.124. The van der Waals surface area contributed by atoms with E-state index < -0.39 is 12.0 Å². The van der Waals surface area contributed by atoms with Gasteiger partial charge in [-0.25, -0.2) is 8.78 Å². The second-order valence-electron chi connectivity index (χ2n) is 5.09. The maximum absolute atomic E-state index is 12.4. The summed E-state index contributed by atoms with van der Waals surface area (Å²) in [5.41, 5.74) is 7.71. The first-order valence-electron chi connectivity index (χ1n) is 6.42. The van der Waals surface area contributed by atoms with E-state index in [1.54, 1.807) is 0 Å². The molecule has 4 heteroatoms. The zero-order chi connectivity index (χ0) is 13.2. The minimum absolute atomic E-state index is 0.306. The average molecular weight is 254 g/mol. The molecule has 100 valence electrons. The topological polar surface area (TPSA) is 38.0 Å². The van der Waals surface area contributed by atoms with Gasteiger partial charge in [0.2, 0.25) is 0 Å². The zero-order valence-electron chi connectivity index (χ0n) is 10.6. The molecule has 0 saturated carbocycles. The fourth-order valence-corrected chi connectivity index (χ4v) is 2.86. The van der Waals surface area contributed by atoms with Gasteiger partial charge in [-0.1, -0.05) is 31.2 Å². The molecule has 0 aliphatic heterocycles. The largest absolute Gasteiger partial charge is 0.328 e. The Kier molecular flexibility index (Phi) is 3.97. The third-order valence-electron chi connectivity index (χ3n) is 3.95. The summed E-state index contributed by atoms with van der Waals surface area (Å²) in [6.07, 6.45) is -0.557. The minimum Gasteiger partial charge on any atom is -0.328 e. The highest BCUT2D eigenvalue weighted by atomic mass is 19.3. The highest BCUT2D eigenvalue weighted by molar-refractivity contribution is 5.39. The first-order valence-corrected chi connectivity index (χ1v) is 6.42. The fourth-order valence-electron chi connectivity index (χ4n) is 2.86. The van der Waals surface area contributed by atoms with E-state index in [1.165, 1.54) is 5.56 Å². The first-order chi connectivity index (χ1) is 8.59. The molecule has 0 aromatic heterocycles. The third-order valence-corrected chi connectivity index (χ3v) is 3.95. The molecule has 0 bridgehead atoms. The molecular weight excluding hydrogens is 234 g/mol. The summed E-state index contributed by atoms with van der Waals surface area (Å²) in [5, 5.41) is 2.99. The van der Waals surface area contributed by atoms with Crippen molar-refractivity contribution in [1.82, 2.24) is 5.32 Å². The fraction of sp³-hybridized carbons (Fsp3) is 0.571. The summed E-state index contributed by atoms with van der Waals surface area (Å²) < 4.78 is 24.9. The van der Waals surface area contributed by atoms with Crippen molar-refractivity contribution in [2.45, 2.75) is 37.6 Å². The van der Waals surface area contributed by atoms with Crippen molar-refractivity contribution in [3.8, 4) is 0 Å². The van der Waals surface area contributed by atoms with Crippen LogP contribution in [0.25, 0.3) is 0 Å². The van der Waals surface area contributed by atoms with Crippen molar-refractivity contribution in [3.63, 3.8) is 0 Å². The smallest absolute Gasteiger partial charge is 0.250 e. The number of nitrogens with two attached hydrogens (primary N) is 1. The molecule has 1 aromatic rings. The molecule has 0 fully saturated rings. The number of rotatable bonds is 4. The number of halogens is 2. The summed E-state index contributed by atoms with van der Waals surface area (Å²) >= 11 is 0. The molecule has 2 unspecified atom stereocenters. The van der Waals surface area contributed by atoms with Crippen LogP contribution in [0.15, 0.2) is 24.3 Å². The van der Waals surface area contributed by atoms with E-state index in [4.69, 9.17) is 5.73 Å². The molecule has 0 radical (unpaired) electrons. The quantitative estimate of drug-likeness (QED) is 0.866. The molecule has 2 nitrogen and oxygen atoms in total. The molecule has 1 aliphatic carbocycles. The molecular formula is C14H20F2N2. The SMILES string of the molecule is CC1CCC(CN)(NCC(F)F)c2ccccc21. The van der Waals surface area contributed by atoms with Crippen LogP contribution in [-0.2, 0) is 5.54 Å². The van der Waals surface area contributed by atoms with Gasteiger partial charge in [-0.2, -0.15) is 0 Å². The summed E-state index contributed by atoms with van der Waals surface area (Å²) in [4.78, 5) is 0. The van der Waals surface area contributed by atoms with Gasteiger partial charge >= 0.3 is 0 Å². The van der Waals surface area contributed by atoms with Crippen LogP contribution in [0.3, 0.4) is 0 Å². The monoisotopic (exact) mass is 254 g/mol. The van der Waals surface area contributed by atoms with E-state index in [1.807, 2.05) is 18.2 Å². The Hall–Kier alpha value is -1.00. The van der Waals surface area contributed by atoms with Crippen LogP contribution in [-0.4, -0.2) is 19.5 Å². The standard InChI is InChI=1S/C14H20F2N2/c1-10-6-7-14(9-17,18-8-13(15)16)12-5-3-2-4-11(10)12/h2-5,10,13,18H,6-9,17H2,1H3. The summed E-state index contributed by atoms with van der Waals surface area (Å²) in [6, 6.07) is 8.03. The van der Waals surface area contributed by atoms with E-state index in [0.717, 1.165) is 18.4 Å². The van der Waals surface area contributed by atoms with Crippen LogP contribution in [0, 0.1) is 0 Å². The van der Waals surface area contributed by atoms with Gasteiger partial charge in [-0.15, -0.1) is 0 Å². The van der Waals surface area contributed by atoms with E-state index in [-0.39, 0.29) is 6.54 Å². The minimum atomic E-state index is -2.35. The molecule has 0 amide bonds. The Morgan fingerprint density at radius 3 is 2.83 bits per heavy atom. The lowest BCUT2D eigenvalue weighted by atomic mass is 9.72. The number of fused-ring (bicyclic) bond motifs is 1. The van der Waals surface area contributed by atoms with Gasteiger partial charge in [0.25, 0.3) is 6.43 Å². The van der Waals surface area contributed by atoms with Gasteiger partial charge in [-0.05, 0) is 29.9 Å². The highest BCUT2D eigenvalue weighted by Crippen LogP contribution is 2.40. The second kappa shape index (κ2) is 5.33. The number of benzene rings is 1. The van der Waals surface area contributed by atoms with Crippen molar-refractivity contribution in [2.75, 3.05) is 13.1 Å². The highest BCUT2D eigenvalue weighted by Gasteiger charge is 2.37. The van der Waals surface area contributed by atoms with Crippen LogP contribution in [0.2, 0.25) is 0 Å². The Bertz CT molecular complexity index is 409. The first kappa shape index (κ1) is 13.4. The van der Waals surface area contributed by atoms with Crippen LogP contribution in [0.4, 0.5) is 8.78 Å². The number of hydrogen-bond acceptors (Lipinski definition) is 2. The zero-order valence-corrected chi connectivity index (χ0v) is 10.6. The molecule has 0 saturated heterocycles. The number of alkyl halides is 2. The van der Waals surface area contributed by atoms with Gasteiger partial charge in [0.1, 0.15) is 0 Å². The Morgan fingerprint density at radius 1 is 1.44 bits per heavy atom. The van der Waals surface area contributed by atoms with Crippen molar-refractivity contribution in [2.24, 2.45) is 5.73 Å². The molecule has 0 heterocycles. The van der Waals surface area contributed by atoms with E-state index >= 15 is 0 Å². The van der Waals surface area contributed by atoms with Crippen LogP contribution >= 0.6 is 0 Å². The average Bonchev–Trinajstić information content (AvgIpc) is 2.39. The van der Waals surface area contributed by atoms with Crippen molar-refractivity contribution in [3.05, 3.63) is 35.4 Å². The maximum Gasteiger partial charge on any atom is 0.250 e. The Balaban J connectivity index is 2.34. The molecule has 2 rings (SSSR count). The predicted octanol–water partition coefficient (Wildman–Crippen LogP) is 2.59. The van der Waals surface area contributed by atoms with Crippen molar-refractivity contribution in [1.29, 1.82) is 0 Å². The van der Waals surface area contributed by atoms with Gasteiger partial charge in [0.15, 0.2) is 0 Å². The summed E-state index contributed by atoms with van der Waals surface area (Å²) in [5.74, 6) is 0.467. The molecule has 0 spiro atoms. The molecule has 3 N–H and O–H groups in total. The van der Waals surface area contributed by atoms with Crippen molar-refractivity contribution < 1.29 is 8.78 Å². The summed E-state index contributed by atoms with van der Waals surface area (Å²) in [7, 11) is 0. The van der Waals surface area contributed by atoms with E-state index in [9.17, 15) is 8.78 Å². The van der Waals surface area contributed by atoms with Gasteiger partial charge in [0.05, 0.1) is 12.1 Å². The van der Waals surface area contributed by atoms with Gasteiger partial charge in [0, 0.05) is 6.54 Å². The second-order valence-corrected chi connectivity index (χ2v) is 5.09. The molecule has 1 aliphatic rings. The normalized spacial score (nSPS) is 27.3. The van der Waals surface area contributed by atoms with Crippen LogP contribution in [0.5, 0.6) is 0 Å². The molecule has 18 heavy (non-hydrogen) atoms. The third kappa shape index (κ3) is 2.40. The van der Waals surface area contributed by atoms with Crippen LogP contribution < -0.4 is 11.1 Å². The Morgan fingerprint density at radius 2 is 2.17 bits per heavy atom. The Labute approximate surface area is 107 Å². The number of hydrogen-bond donors (Lipinski definition) is 2. The van der Waals surface area contributed by atoms with Crippen molar-refractivity contribution >= 4 is 0 Å². The lowest BCUT2D eigenvalue weighted by Gasteiger charge is -2.41.